The molecule has 1 aromatic rings. The van der Waals surface area contributed by atoms with Crippen LogP contribution in [0.2, 0.25) is 0 Å². The molecule has 1 saturated heterocycles. The van der Waals surface area contributed by atoms with Gasteiger partial charge < -0.3 is 15.2 Å². The minimum absolute atomic E-state index is 0.148. The number of amides is 1. The number of nitrogens with one attached hydrogen (secondary N) is 1. The van der Waals surface area contributed by atoms with Crippen LogP contribution in [0.1, 0.15) is 37.8 Å². The van der Waals surface area contributed by atoms with Crippen LogP contribution in [0, 0.1) is 17.3 Å². The summed E-state index contributed by atoms with van der Waals surface area (Å²) in [7, 11) is 0. The molecule has 0 bridgehead atoms. The molecule has 8 heteroatoms. The first-order valence-electron chi connectivity index (χ1n) is 9.25. The van der Waals surface area contributed by atoms with E-state index in [-0.39, 0.29) is 12.5 Å². The van der Waals surface area contributed by atoms with Crippen LogP contribution in [0.25, 0.3) is 0 Å². The highest BCUT2D eigenvalue weighted by Crippen LogP contribution is 2.58. The van der Waals surface area contributed by atoms with Crippen molar-refractivity contribution in [3.8, 4) is 0 Å². The number of carbonyl (C=O) groups excluding carboxylic acids is 1. The molecule has 1 heterocycles. The van der Waals surface area contributed by atoms with Crippen LogP contribution in [-0.4, -0.2) is 36.7 Å². The molecule has 2 aliphatic rings. The van der Waals surface area contributed by atoms with Gasteiger partial charge in [0.05, 0.1) is 17.4 Å². The number of alkyl halides is 3. The number of rotatable bonds is 5. The van der Waals surface area contributed by atoms with Crippen molar-refractivity contribution in [3.05, 3.63) is 35.4 Å². The van der Waals surface area contributed by atoms with Crippen molar-refractivity contribution >= 4 is 11.9 Å². The lowest BCUT2D eigenvalue weighted by molar-refractivity contribution is -0.140. The van der Waals surface area contributed by atoms with Crippen LogP contribution < -0.4 is 5.32 Å². The van der Waals surface area contributed by atoms with Gasteiger partial charge in [-0.3, -0.25) is 9.59 Å². The lowest BCUT2D eigenvalue weighted by Gasteiger charge is -2.38. The zero-order valence-electron chi connectivity index (χ0n) is 15.8. The zero-order chi connectivity index (χ0) is 20.7. The molecular formula is C20H24F3NO4. The third-order valence-electron chi connectivity index (χ3n) is 6.23. The molecular weight excluding hydrogens is 375 g/mol. The standard InChI is InChI=1S/C20H24F3NO4/c1-18(2)14(15(18)17(26)27)16(25)24-11-19(6-8-28-9-7-19)12-4-3-5-13(10-12)20(21,22)23/h3-5,10,14-15H,6-9,11H2,1-2H3,(H,24,25)(H,26,27)/t14-,15+/m1/s1. The van der Waals surface area contributed by atoms with E-state index in [1.165, 1.54) is 6.07 Å². The first kappa shape index (κ1) is 20.6. The van der Waals surface area contributed by atoms with Gasteiger partial charge in [-0.2, -0.15) is 13.2 Å². The maximum Gasteiger partial charge on any atom is 0.416 e. The van der Waals surface area contributed by atoms with Crippen LogP contribution in [0.3, 0.4) is 0 Å². The molecule has 1 aliphatic heterocycles. The van der Waals surface area contributed by atoms with Gasteiger partial charge in [0, 0.05) is 25.2 Å². The van der Waals surface area contributed by atoms with Gasteiger partial charge in [-0.25, -0.2) is 0 Å². The van der Waals surface area contributed by atoms with E-state index >= 15 is 0 Å². The van der Waals surface area contributed by atoms with Crippen molar-refractivity contribution in [2.75, 3.05) is 19.8 Å². The summed E-state index contributed by atoms with van der Waals surface area (Å²) < 4.78 is 44.8. The summed E-state index contributed by atoms with van der Waals surface area (Å²) in [6.45, 7) is 4.38. The van der Waals surface area contributed by atoms with E-state index in [1.54, 1.807) is 19.9 Å². The normalized spacial score (nSPS) is 25.8. The highest BCUT2D eigenvalue weighted by molar-refractivity contribution is 5.91. The zero-order valence-corrected chi connectivity index (χ0v) is 15.8. The Morgan fingerprint density at radius 3 is 2.39 bits per heavy atom. The van der Waals surface area contributed by atoms with Crippen molar-refractivity contribution in [3.63, 3.8) is 0 Å². The molecule has 1 aromatic carbocycles. The molecule has 0 unspecified atom stereocenters. The lowest BCUT2D eigenvalue weighted by atomic mass is 9.73. The number of halogens is 3. The molecule has 1 amide bonds. The minimum atomic E-state index is -4.45. The molecule has 28 heavy (non-hydrogen) atoms. The number of ether oxygens (including phenoxy) is 1. The molecule has 0 radical (unpaired) electrons. The maximum absolute atomic E-state index is 13.1. The topological polar surface area (TPSA) is 75.6 Å². The molecule has 2 fully saturated rings. The Kier molecular flexibility index (Phi) is 5.20. The van der Waals surface area contributed by atoms with Crippen LogP contribution in [0.5, 0.6) is 0 Å². The van der Waals surface area contributed by atoms with Crippen molar-refractivity contribution in [2.45, 2.75) is 38.3 Å². The summed E-state index contributed by atoms with van der Waals surface area (Å²) >= 11 is 0. The Morgan fingerprint density at radius 2 is 1.86 bits per heavy atom. The molecule has 1 saturated carbocycles. The lowest BCUT2D eigenvalue weighted by Crippen LogP contribution is -2.45. The second kappa shape index (κ2) is 7.06. The van der Waals surface area contributed by atoms with Gasteiger partial charge in [0.25, 0.3) is 0 Å². The SMILES string of the molecule is CC1(C)[C@H](C(=O)O)[C@@H]1C(=O)NCC1(c2cccc(C(F)(F)F)c2)CCOCC1. The molecule has 154 valence electrons. The van der Waals surface area contributed by atoms with Crippen LogP contribution in [0.15, 0.2) is 24.3 Å². The fraction of sp³-hybridized carbons (Fsp3) is 0.600. The Labute approximate surface area is 161 Å². The molecule has 3 rings (SSSR count). The first-order chi connectivity index (χ1) is 13.0. The summed E-state index contributed by atoms with van der Waals surface area (Å²) in [4.78, 5) is 23.9. The van der Waals surface area contributed by atoms with Crippen LogP contribution in [-0.2, 0) is 25.9 Å². The smallest absolute Gasteiger partial charge is 0.416 e. The molecule has 1 aliphatic carbocycles. The van der Waals surface area contributed by atoms with Crippen molar-refractivity contribution in [2.24, 2.45) is 17.3 Å². The maximum atomic E-state index is 13.1. The molecule has 2 atom stereocenters. The van der Waals surface area contributed by atoms with Gasteiger partial charge in [-0.05, 0) is 29.9 Å². The number of hydrogen-bond acceptors (Lipinski definition) is 3. The number of carboxylic acids is 1. The van der Waals surface area contributed by atoms with Gasteiger partial charge >= 0.3 is 12.1 Å². The van der Waals surface area contributed by atoms with Crippen molar-refractivity contribution in [1.29, 1.82) is 0 Å². The van der Waals surface area contributed by atoms with E-state index in [0.717, 1.165) is 12.1 Å². The summed E-state index contributed by atoms with van der Waals surface area (Å²) in [6.07, 6.45) is -3.49. The van der Waals surface area contributed by atoms with Crippen LogP contribution in [0.4, 0.5) is 13.2 Å². The predicted molar refractivity (Wildman–Crippen MR) is 94.6 cm³/mol. The van der Waals surface area contributed by atoms with E-state index < -0.39 is 40.4 Å². The van der Waals surface area contributed by atoms with E-state index in [1.807, 2.05) is 0 Å². The predicted octanol–water partition coefficient (Wildman–Crippen LogP) is 3.23. The largest absolute Gasteiger partial charge is 0.481 e. The van der Waals surface area contributed by atoms with Gasteiger partial charge in [-0.1, -0.05) is 32.0 Å². The van der Waals surface area contributed by atoms with E-state index in [9.17, 15) is 27.9 Å². The van der Waals surface area contributed by atoms with E-state index in [4.69, 9.17) is 4.74 Å². The summed E-state index contributed by atoms with van der Waals surface area (Å²) in [6, 6.07) is 5.19. The number of benzene rings is 1. The number of carbonyl (C=O) groups is 2. The van der Waals surface area contributed by atoms with Gasteiger partial charge in [0.1, 0.15) is 0 Å². The quantitative estimate of drug-likeness (QED) is 0.797. The average Bonchev–Trinajstić information content (AvgIpc) is 3.22. The van der Waals surface area contributed by atoms with E-state index in [2.05, 4.69) is 5.32 Å². The fourth-order valence-electron chi connectivity index (χ4n) is 4.31. The summed E-state index contributed by atoms with van der Waals surface area (Å²) in [5, 5.41) is 12.1. The van der Waals surface area contributed by atoms with Crippen molar-refractivity contribution in [1.82, 2.24) is 5.32 Å². The van der Waals surface area contributed by atoms with E-state index in [0.29, 0.717) is 31.6 Å². The third-order valence-corrected chi connectivity index (χ3v) is 6.23. The van der Waals surface area contributed by atoms with Gasteiger partial charge in [0.15, 0.2) is 0 Å². The molecule has 5 nitrogen and oxygen atoms in total. The Bertz CT molecular complexity index is 769. The third kappa shape index (κ3) is 3.74. The molecule has 0 aromatic heterocycles. The summed E-state index contributed by atoms with van der Waals surface area (Å²) in [5.74, 6) is -2.76. The second-order valence-electron chi connectivity index (χ2n) is 8.30. The molecule has 2 N–H and O–H groups in total. The van der Waals surface area contributed by atoms with Crippen LogP contribution >= 0.6 is 0 Å². The number of carboxylic acid groups (broad SMARTS) is 1. The number of hydrogen-bond donors (Lipinski definition) is 2. The Morgan fingerprint density at radius 1 is 1.21 bits per heavy atom. The summed E-state index contributed by atoms with van der Waals surface area (Å²) in [5.41, 5.74) is -1.52. The minimum Gasteiger partial charge on any atom is -0.481 e. The highest BCUT2D eigenvalue weighted by Gasteiger charge is 2.65. The molecule has 0 spiro atoms. The van der Waals surface area contributed by atoms with Gasteiger partial charge in [-0.15, -0.1) is 0 Å². The average molecular weight is 399 g/mol. The first-order valence-corrected chi connectivity index (χ1v) is 9.25. The number of aliphatic carboxylic acids is 1. The van der Waals surface area contributed by atoms with Gasteiger partial charge in [0.2, 0.25) is 5.91 Å². The van der Waals surface area contributed by atoms with Crippen molar-refractivity contribution < 1.29 is 32.6 Å². The Hall–Kier alpha value is -2.09. The highest BCUT2D eigenvalue weighted by atomic mass is 19.4. The fourth-order valence-corrected chi connectivity index (χ4v) is 4.31. The monoisotopic (exact) mass is 399 g/mol. The Balaban J connectivity index is 1.80. The second-order valence-corrected chi connectivity index (χ2v) is 8.30.